The van der Waals surface area contributed by atoms with Gasteiger partial charge in [-0.1, -0.05) is 60.3 Å². The third kappa shape index (κ3) is 3.71. The number of rotatable bonds is 5. The Bertz CT molecular complexity index is 447. The summed E-state index contributed by atoms with van der Waals surface area (Å²) in [7, 11) is 0. The van der Waals surface area contributed by atoms with E-state index in [1.165, 1.54) is 61.4 Å². The van der Waals surface area contributed by atoms with Gasteiger partial charge in [0, 0.05) is 16.6 Å². The molecule has 3 rings (SSSR count). The summed E-state index contributed by atoms with van der Waals surface area (Å²) in [5.74, 6) is 1.69. The Morgan fingerprint density at radius 3 is 2.52 bits per heavy atom. The maximum atomic E-state index is 3.98. The molecule has 1 atom stereocenters. The van der Waals surface area contributed by atoms with Gasteiger partial charge < -0.3 is 5.32 Å². The van der Waals surface area contributed by atoms with Crippen LogP contribution in [0.1, 0.15) is 69.8 Å². The van der Waals surface area contributed by atoms with Crippen molar-refractivity contribution >= 4 is 15.9 Å². The largest absolute Gasteiger partial charge is 0.311 e. The van der Waals surface area contributed by atoms with Gasteiger partial charge in [0.25, 0.3) is 0 Å². The highest BCUT2D eigenvalue weighted by atomic mass is 79.9. The first-order valence-corrected chi connectivity index (χ1v) is 9.57. The van der Waals surface area contributed by atoms with Gasteiger partial charge >= 0.3 is 0 Å². The standard InChI is InChI=1S/C19H28BrN/c1-2-19(14-8-4-3-5-9-14)21-16-12-15(13-16)17-10-6-7-11-18(17)20/h6-7,10-11,14-16,19,21H,2-5,8-9,12-13H2,1H3. The molecule has 1 nitrogen and oxygen atoms in total. The lowest BCUT2D eigenvalue weighted by atomic mass is 9.74. The summed E-state index contributed by atoms with van der Waals surface area (Å²) in [5.41, 5.74) is 1.50. The van der Waals surface area contributed by atoms with E-state index < -0.39 is 0 Å². The van der Waals surface area contributed by atoms with E-state index in [0.717, 1.165) is 23.9 Å². The summed E-state index contributed by atoms with van der Waals surface area (Å²) in [6.07, 6.45) is 11.2. The lowest BCUT2D eigenvalue weighted by Gasteiger charge is -2.41. The lowest BCUT2D eigenvalue weighted by Crippen LogP contribution is -2.48. The van der Waals surface area contributed by atoms with Crippen molar-refractivity contribution in [2.75, 3.05) is 0 Å². The molecule has 0 radical (unpaired) electrons. The summed E-state index contributed by atoms with van der Waals surface area (Å²) >= 11 is 3.70. The summed E-state index contributed by atoms with van der Waals surface area (Å²) in [6, 6.07) is 10.2. The number of hydrogen-bond acceptors (Lipinski definition) is 1. The van der Waals surface area contributed by atoms with Gasteiger partial charge in [-0.15, -0.1) is 0 Å². The molecule has 0 bridgehead atoms. The molecular weight excluding hydrogens is 322 g/mol. The molecule has 0 saturated heterocycles. The Balaban J connectivity index is 1.50. The van der Waals surface area contributed by atoms with E-state index >= 15 is 0 Å². The molecule has 1 unspecified atom stereocenters. The Morgan fingerprint density at radius 1 is 1.14 bits per heavy atom. The van der Waals surface area contributed by atoms with Gasteiger partial charge in [0.05, 0.1) is 0 Å². The minimum Gasteiger partial charge on any atom is -0.311 e. The van der Waals surface area contributed by atoms with Gasteiger partial charge in [0.1, 0.15) is 0 Å². The summed E-state index contributed by atoms with van der Waals surface area (Å²) in [6.45, 7) is 2.36. The van der Waals surface area contributed by atoms with E-state index in [2.05, 4.69) is 52.4 Å². The zero-order chi connectivity index (χ0) is 14.7. The van der Waals surface area contributed by atoms with E-state index in [0.29, 0.717) is 0 Å². The number of benzene rings is 1. The van der Waals surface area contributed by atoms with Crippen LogP contribution in [0.3, 0.4) is 0 Å². The maximum absolute atomic E-state index is 3.98. The van der Waals surface area contributed by atoms with Gasteiger partial charge in [0.2, 0.25) is 0 Å². The van der Waals surface area contributed by atoms with Gasteiger partial charge in [-0.3, -0.25) is 0 Å². The Kier molecular flexibility index (Phi) is 5.39. The van der Waals surface area contributed by atoms with E-state index in [4.69, 9.17) is 0 Å². The van der Waals surface area contributed by atoms with Crippen LogP contribution < -0.4 is 5.32 Å². The highest BCUT2D eigenvalue weighted by Crippen LogP contribution is 2.41. The van der Waals surface area contributed by atoms with E-state index in [9.17, 15) is 0 Å². The molecule has 0 amide bonds. The number of hydrogen-bond donors (Lipinski definition) is 1. The van der Waals surface area contributed by atoms with Crippen molar-refractivity contribution in [3.8, 4) is 0 Å². The van der Waals surface area contributed by atoms with Crippen LogP contribution in [0.5, 0.6) is 0 Å². The molecule has 0 aromatic heterocycles. The Hall–Kier alpha value is -0.340. The third-order valence-corrected chi connectivity index (χ3v) is 6.31. The van der Waals surface area contributed by atoms with Crippen molar-refractivity contribution in [1.82, 2.24) is 5.32 Å². The van der Waals surface area contributed by atoms with E-state index in [1.54, 1.807) is 0 Å². The second-order valence-electron chi connectivity index (χ2n) is 6.97. The summed E-state index contributed by atoms with van der Waals surface area (Å²) in [4.78, 5) is 0. The van der Waals surface area contributed by atoms with Crippen LogP contribution in [0.2, 0.25) is 0 Å². The normalized spacial score (nSPS) is 28.1. The molecule has 1 aromatic rings. The van der Waals surface area contributed by atoms with Crippen molar-refractivity contribution in [3.63, 3.8) is 0 Å². The quantitative estimate of drug-likeness (QED) is 0.724. The van der Waals surface area contributed by atoms with Crippen LogP contribution in [0.4, 0.5) is 0 Å². The number of nitrogens with one attached hydrogen (secondary N) is 1. The minimum atomic E-state index is 0.744. The predicted octanol–water partition coefficient (Wildman–Crippen LogP) is 5.64. The zero-order valence-corrected chi connectivity index (χ0v) is 14.7. The fourth-order valence-corrected chi connectivity index (χ4v) is 4.85. The maximum Gasteiger partial charge on any atom is 0.0210 e. The molecular formula is C19H28BrN. The van der Waals surface area contributed by atoms with Crippen molar-refractivity contribution < 1.29 is 0 Å². The highest BCUT2D eigenvalue weighted by Gasteiger charge is 2.34. The average Bonchev–Trinajstić information content (AvgIpc) is 2.48. The number of halogens is 1. The van der Waals surface area contributed by atoms with Crippen molar-refractivity contribution in [3.05, 3.63) is 34.3 Å². The molecule has 2 heteroatoms. The second kappa shape index (κ2) is 7.28. The summed E-state index contributed by atoms with van der Waals surface area (Å²) < 4.78 is 1.28. The first kappa shape index (κ1) is 15.6. The monoisotopic (exact) mass is 349 g/mol. The molecule has 2 saturated carbocycles. The Morgan fingerprint density at radius 2 is 1.86 bits per heavy atom. The van der Waals surface area contributed by atoms with Gasteiger partial charge in [-0.05, 0) is 55.6 Å². The summed E-state index contributed by atoms with van der Waals surface area (Å²) in [5, 5.41) is 3.98. The first-order valence-electron chi connectivity index (χ1n) is 8.78. The predicted molar refractivity (Wildman–Crippen MR) is 93.7 cm³/mol. The van der Waals surface area contributed by atoms with Gasteiger partial charge in [-0.2, -0.15) is 0 Å². The first-order chi connectivity index (χ1) is 10.3. The van der Waals surface area contributed by atoms with Crippen molar-refractivity contribution in [2.45, 2.75) is 76.3 Å². The van der Waals surface area contributed by atoms with Crippen LogP contribution in [-0.2, 0) is 0 Å². The SMILES string of the molecule is CCC(NC1CC(c2ccccc2Br)C1)C1CCCCC1. The van der Waals surface area contributed by atoms with Crippen LogP contribution in [-0.4, -0.2) is 12.1 Å². The van der Waals surface area contributed by atoms with Crippen LogP contribution >= 0.6 is 15.9 Å². The average molecular weight is 350 g/mol. The molecule has 21 heavy (non-hydrogen) atoms. The smallest absolute Gasteiger partial charge is 0.0210 e. The fourth-order valence-electron chi connectivity index (χ4n) is 4.24. The molecule has 2 aliphatic rings. The van der Waals surface area contributed by atoms with Crippen molar-refractivity contribution in [2.24, 2.45) is 5.92 Å². The Labute approximate surface area is 138 Å². The van der Waals surface area contributed by atoms with Gasteiger partial charge in [-0.25, -0.2) is 0 Å². The van der Waals surface area contributed by atoms with Crippen LogP contribution in [0, 0.1) is 5.92 Å². The van der Waals surface area contributed by atoms with E-state index in [-0.39, 0.29) is 0 Å². The molecule has 116 valence electrons. The van der Waals surface area contributed by atoms with E-state index in [1.807, 2.05) is 0 Å². The molecule has 1 aromatic carbocycles. The highest BCUT2D eigenvalue weighted by molar-refractivity contribution is 9.10. The molecule has 0 aliphatic heterocycles. The van der Waals surface area contributed by atoms with Crippen molar-refractivity contribution in [1.29, 1.82) is 0 Å². The molecule has 2 fully saturated rings. The second-order valence-corrected chi connectivity index (χ2v) is 7.82. The minimum absolute atomic E-state index is 0.744. The molecule has 1 N–H and O–H groups in total. The molecule has 0 spiro atoms. The van der Waals surface area contributed by atoms with Crippen LogP contribution in [0.25, 0.3) is 0 Å². The fraction of sp³-hybridized carbons (Fsp3) is 0.684. The zero-order valence-electron chi connectivity index (χ0n) is 13.2. The van der Waals surface area contributed by atoms with Gasteiger partial charge in [0.15, 0.2) is 0 Å². The molecule has 0 heterocycles. The lowest BCUT2D eigenvalue weighted by molar-refractivity contribution is 0.197. The molecule has 2 aliphatic carbocycles. The third-order valence-electron chi connectivity index (χ3n) is 5.59. The topological polar surface area (TPSA) is 12.0 Å². The van der Waals surface area contributed by atoms with Crippen LogP contribution in [0.15, 0.2) is 28.7 Å².